The van der Waals surface area contributed by atoms with E-state index in [0.717, 1.165) is 5.56 Å². The summed E-state index contributed by atoms with van der Waals surface area (Å²) in [6, 6.07) is 16.2. The van der Waals surface area contributed by atoms with Crippen LogP contribution in [0.3, 0.4) is 0 Å². The molecule has 2 amide bonds. The van der Waals surface area contributed by atoms with E-state index in [2.05, 4.69) is 15.8 Å². The van der Waals surface area contributed by atoms with E-state index in [0.29, 0.717) is 16.1 Å². The Morgan fingerprint density at radius 3 is 2.46 bits per heavy atom. The number of aryl methyl sites for hydroxylation is 1. The number of amides is 2. The van der Waals surface area contributed by atoms with Crippen molar-refractivity contribution in [3.8, 4) is 11.5 Å². The second-order valence-electron chi connectivity index (χ2n) is 7.27. The van der Waals surface area contributed by atoms with E-state index in [4.69, 9.17) is 32.7 Å². The van der Waals surface area contributed by atoms with Gasteiger partial charge in [0.1, 0.15) is 0 Å². The van der Waals surface area contributed by atoms with Gasteiger partial charge in [0.05, 0.1) is 35.5 Å². The van der Waals surface area contributed by atoms with Crippen LogP contribution in [0.4, 0.5) is 0 Å². The highest BCUT2D eigenvalue weighted by Gasteiger charge is 2.14. The van der Waals surface area contributed by atoms with Gasteiger partial charge in [-0.25, -0.2) is 10.2 Å². The van der Waals surface area contributed by atoms with Crippen molar-refractivity contribution in [1.29, 1.82) is 0 Å². The maximum Gasteiger partial charge on any atom is 0.343 e. The molecule has 0 saturated heterocycles. The Hall–Kier alpha value is -3.88. The van der Waals surface area contributed by atoms with E-state index in [1.54, 1.807) is 30.3 Å². The number of hydrogen-bond donors (Lipinski definition) is 2. The van der Waals surface area contributed by atoms with E-state index in [9.17, 15) is 14.4 Å². The summed E-state index contributed by atoms with van der Waals surface area (Å²) in [5, 5.41) is 6.96. The Morgan fingerprint density at radius 2 is 1.74 bits per heavy atom. The summed E-state index contributed by atoms with van der Waals surface area (Å²) in [5.74, 6) is -1.03. The van der Waals surface area contributed by atoms with Crippen LogP contribution in [-0.4, -0.2) is 37.7 Å². The molecule has 0 radical (unpaired) electrons. The lowest BCUT2D eigenvalue weighted by Gasteiger charge is -2.10. The molecule has 3 rings (SSSR count). The van der Waals surface area contributed by atoms with Gasteiger partial charge in [0.2, 0.25) is 0 Å². The quantitative estimate of drug-likeness (QED) is 0.201. The molecule has 8 nitrogen and oxygen atoms in total. The second kappa shape index (κ2) is 12.0. The number of rotatable bonds is 8. The first kappa shape index (κ1) is 25.7. The minimum atomic E-state index is -0.636. The number of hydrogen-bond acceptors (Lipinski definition) is 6. The van der Waals surface area contributed by atoms with Crippen molar-refractivity contribution in [2.75, 3.05) is 13.7 Å². The number of carbonyl (C=O) groups is 3. The molecule has 3 aromatic carbocycles. The predicted octanol–water partition coefficient (Wildman–Crippen LogP) is 4.41. The lowest BCUT2D eigenvalue weighted by atomic mass is 10.1. The summed E-state index contributed by atoms with van der Waals surface area (Å²) in [5.41, 5.74) is 4.54. The standard InChI is InChI=1S/C25H21Cl2N3O5/c1-15-4-3-5-17(10-15)24(32)28-14-23(31)30-29-13-16-6-9-21(22(11-16)34-2)35-25(33)18-7-8-19(26)20(27)12-18/h3-13H,14H2,1-2H3,(H,28,32)(H,30,31)/b29-13+. The first-order valence-corrected chi connectivity index (χ1v) is 11.0. The van der Waals surface area contributed by atoms with Crippen molar-refractivity contribution in [3.63, 3.8) is 0 Å². The van der Waals surface area contributed by atoms with Crippen LogP contribution in [0.5, 0.6) is 11.5 Å². The largest absolute Gasteiger partial charge is 0.493 e. The van der Waals surface area contributed by atoms with Crippen molar-refractivity contribution in [1.82, 2.24) is 10.7 Å². The molecule has 0 heterocycles. The fourth-order valence-electron chi connectivity index (χ4n) is 2.90. The molecule has 35 heavy (non-hydrogen) atoms. The fourth-order valence-corrected chi connectivity index (χ4v) is 3.20. The van der Waals surface area contributed by atoms with Gasteiger partial charge in [-0.2, -0.15) is 5.10 Å². The molecule has 0 spiro atoms. The third-order valence-electron chi connectivity index (χ3n) is 4.64. The third-order valence-corrected chi connectivity index (χ3v) is 5.38. The average Bonchev–Trinajstić information content (AvgIpc) is 2.84. The Balaban J connectivity index is 1.55. The number of nitrogens with one attached hydrogen (secondary N) is 2. The van der Waals surface area contributed by atoms with E-state index in [-0.39, 0.29) is 34.5 Å². The van der Waals surface area contributed by atoms with Crippen LogP contribution >= 0.6 is 23.2 Å². The van der Waals surface area contributed by atoms with Crippen molar-refractivity contribution in [2.24, 2.45) is 5.10 Å². The number of benzene rings is 3. The van der Waals surface area contributed by atoms with E-state index >= 15 is 0 Å². The third kappa shape index (κ3) is 7.30. The zero-order valence-corrected chi connectivity index (χ0v) is 20.3. The summed E-state index contributed by atoms with van der Waals surface area (Å²) in [6.45, 7) is 1.64. The maximum atomic E-state index is 12.4. The first-order valence-electron chi connectivity index (χ1n) is 10.3. The number of methoxy groups -OCH3 is 1. The van der Waals surface area contributed by atoms with Crippen molar-refractivity contribution in [2.45, 2.75) is 6.92 Å². The predicted molar refractivity (Wildman–Crippen MR) is 134 cm³/mol. The minimum absolute atomic E-state index is 0.184. The van der Waals surface area contributed by atoms with Crippen LogP contribution < -0.4 is 20.2 Å². The van der Waals surface area contributed by atoms with Gasteiger partial charge in [-0.05, 0) is 61.0 Å². The smallest absolute Gasteiger partial charge is 0.343 e. The highest BCUT2D eigenvalue weighted by molar-refractivity contribution is 6.42. The summed E-state index contributed by atoms with van der Waals surface area (Å²) < 4.78 is 10.7. The number of halogens is 2. The number of hydrazone groups is 1. The molecular formula is C25H21Cl2N3O5. The van der Waals surface area contributed by atoms with Gasteiger partial charge < -0.3 is 14.8 Å². The van der Waals surface area contributed by atoms with Crippen LogP contribution in [0.25, 0.3) is 0 Å². The minimum Gasteiger partial charge on any atom is -0.493 e. The zero-order valence-electron chi connectivity index (χ0n) is 18.8. The molecule has 0 fully saturated rings. The molecule has 0 unspecified atom stereocenters. The van der Waals surface area contributed by atoms with Crippen molar-refractivity contribution >= 4 is 47.2 Å². The number of carbonyl (C=O) groups excluding carboxylic acids is 3. The lowest BCUT2D eigenvalue weighted by molar-refractivity contribution is -0.120. The van der Waals surface area contributed by atoms with Gasteiger partial charge in [-0.15, -0.1) is 0 Å². The highest BCUT2D eigenvalue weighted by Crippen LogP contribution is 2.29. The normalized spacial score (nSPS) is 10.6. The van der Waals surface area contributed by atoms with Gasteiger partial charge in [-0.3, -0.25) is 9.59 Å². The number of esters is 1. The molecule has 0 aliphatic carbocycles. The highest BCUT2D eigenvalue weighted by atomic mass is 35.5. The summed E-state index contributed by atoms with van der Waals surface area (Å²) in [6.07, 6.45) is 1.38. The molecule has 0 aliphatic rings. The summed E-state index contributed by atoms with van der Waals surface area (Å²) >= 11 is 11.8. The SMILES string of the molecule is COc1cc(/C=N/NC(=O)CNC(=O)c2cccc(C)c2)ccc1OC(=O)c1ccc(Cl)c(Cl)c1. The van der Waals surface area contributed by atoms with Crippen molar-refractivity contribution in [3.05, 3.63) is 93.0 Å². The van der Waals surface area contributed by atoms with E-state index < -0.39 is 11.9 Å². The van der Waals surface area contributed by atoms with Gasteiger partial charge in [0, 0.05) is 5.56 Å². The molecule has 0 aliphatic heterocycles. The van der Waals surface area contributed by atoms with Gasteiger partial charge in [0.15, 0.2) is 11.5 Å². The maximum absolute atomic E-state index is 12.4. The van der Waals surface area contributed by atoms with Crippen LogP contribution in [0.15, 0.2) is 65.8 Å². The Labute approximate surface area is 211 Å². The number of nitrogens with zero attached hydrogens (tertiary/aromatic N) is 1. The lowest BCUT2D eigenvalue weighted by Crippen LogP contribution is -2.34. The summed E-state index contributed by atoms with van der Waals surface area (Å²) in [4.78, 5) is 36.5. The molecule has 0 aromatic heterocycles. The molecule has 10 heteroatoms. The van der Waals surface area contributed by atoms with Crippen molar-refractivity contribution < 1.29 is 23.9 Å². The molecular weight excluding hydrogens is 493 g/mol. The first-order chi connectivity index (χ1) is 16.8. The van der Waals surface area contributed by atoms with E-state index in [1.807, 2.05) is 13.0 Å². The monoisotopic (exact) mass is 513 g/mol. The van der Waals surface area contributed by atoms with Gasteiger partial charge in [0.25, 0.3) is 11.8 Å². The Kier molecular flexibility index (Phi) is 8.83. The van der Waals surface area contributed by atoms with Crippen LogP contribution in [0.2, 0.25) is 10.0 Å². The topological polar surface area (TPSA) is 106 Å². The van der Waals surface area contributed by atoms with Gasteiger partial charge >= 0.3 is 5.97 Å². The summed E-state index contributed by atoms with van der Waals surface area (Å²) in [7, 11) is 1.42. The van der Waals surface area contributed by atoms with Crippen LogP contribution in [-0.2, 0) is 4.79 Å². The second-order valence-corrected chi connectivity index (χ2v) is 8.09. The molecule has 2 N–H and O–H groups in total. The Morgan fingerprint density at radius 1 is 0.943 bits per heavy atom. The molecule has 0 saturated carbocycles. The zero-order chi connectivity index (χ0) is 25.4. The molecule has 3 aromatic rings. The Bertz CT molecular complexity index is 1290. The average molecular weight is 514 g/mol. The van der Waals surface area contributed by atoms with Gasteiger partial charge in [-0.1, -0.05) is 40.9 Å². The molecule has 180 valence electrons. The molecule has 0 bridgehead atoms. The fraction of sp³-hybridized carbons (Fsp3) is 0.120. The van der Waals surface area contributed by atoms with Crippen LogP contribution in [0.1, 0.15) is 31.8 Å². The number of ether oxygens (including phenoxy) is 2. The van der Waals surface area contributed by atoms with Crippen LogP contribution in [0, 0.1) is 6.92 Å². The van der Waals surface area contributed by atoms with E-state index in [1.165, 1.54) is 37.6 Å². The molecule has 0 atom stereocenters.